The normalized spacial score (nSPS) is 23.2. The van der Waals surface area contributed by atoms with E-state index >= 15 is 0 Å². The molecule has 1 aromatic carbocycles. The summed E-state index contributed by atoms with van der Waals surface area (Å²) in [7, 11) is 0. The van der Waals surface area contributed by atoms with Gasteiger partial charge in [0.15, 0.2) is 0 Å². The van der Waals surface area contributed by atoms with Crippen molar-refractivity contribution >= 4 is 21.9 Å². The van der Waals surface area contributed by atoms with Crippen molar-refractivity contribution in [1.82, 2.24) is 5.32 Å². The Balaban J connectivity index is 1.90. The van der Waals surface area contributed by atoms with Crippen LogP contribution in [-0.4, -0.2) is 24.5 Å². The number of benzene rings is 1. The van der Waals surface area contributed by atoms with Crippen LogP contribution in [0.2, 0.25) is 0 Å². The summed E-state index contributed by atoms with van der Waals surface area (Å²) in [5.74, 6) is -4.77. The number of hydrogen-bond acceptors (Lipinski definition) is 3. The van der Waals surface area contributed by atoms with Gasteiger partial charge in [-0.25, -0.2) is 4.79 Å². The molecule has 1 heterocycles. The third-order valence-corrected chi connectivity index (χ3v) is 3.80. The van der Waals surface area contributed by atoms with Crippen molar-refractivity contribution in [2.75, 3.05) is 6.54 Å². The van der Waals surface area contributed by atoms with Gasteiger partial charge in [-0.05, 0) is 18.6 Å². The number of nitrogens with one attached hydrogen (secondary N) is 1. The standard InChI is InChI=1S/C13H14BrF2NO2/c1-8(10-4-2-3-5-11(10)14)17-7-9-6-13(15,16)12(18)19-9/h2-5,8-9,17H,6-7H2,1H3/t8-,9?/m0/s1. The molecule has 0 saturated carbocycles. The number of halogens is 3. The van der Waals surface area contributed by atoms with Crippen LogP contribution >= 0.6 is 15.9 Å². The quantitative estimate of drug-likeness (QED) is 0.860. The van der Waals surface area contributed by atoms with Crippen molar-refractivity contribution in [2.24, 2.45) is 0 Å². The van der Waals surface area contributed by atoms with Gasteiger partial charge in [-0.2, -0.15) is 8.78 Å². The van der Waals surface area contributed by atoms with Crippen LogP contribution in [0.3, 0.4) is 0 Å². The minimum Gasteiger partial charge on any atom is -0.456 e. The van der Waals surface area contributed by atoms with Crippen LogP contribution in [0.4, 0.5) is 8.78 Å². The maximum Gasteiger partial charge on any atom is 0.377 e. The van der Waals surface area contributed by atoms with Gasteiger partial charge in [0, 0.05) is 17.1 Å². The van der Waals surface area contributed by atoms with Gasteiger partial charge in [-0.3, -0.25) is 0 Å². The minimum atomic E-state index is -3.34. The first-order chi connectivity index (χ1) is 8.90. The molecule has 0 aliphatic carbocycles. The molecule has 104 valence electrons. The highest BCUT2D eigenvalue weighted by molar-refractivity contribution is 9.10. The smallest absolute Gasteiger partial charge is 0.377 e. The van der Waals surface area contributed by atoms with Crippen LogP contribution in [0, 0.1) is 0 Å². The molecule has 0 aromatic heterocycles. The fourth-order valence-electron chi connectivity index (χ4n) is 2.01. The average Bonchev–Trinajstić information content (AvgIpc) is 2.61. The molecule has 19 heavy (non-hydrogen) atoms. The molecule has 1 aliphatic heterocycles. The topological polar surface area (TPSA) is 38.3 Å². The number of hydrogen-bond donors (Lipinski definition) is 1. The fraction of sp³-hybridized carbons (Fsp3) is 0.462. The summed E-state index contributed by atoms with van der Waals surface area (Å²) in [6.45, 7) is 2.14. The van der Waals surface area contributed by atoms with Gasteiger partial charge in [-0.15, -0.1) is 0 Å². The second kappa shape index (κ2) is 5.54. The van der Waals surface area contributed by atoms with E-state index in [-0.39, 0.29) is 12.6 Å². The fourth-order valence-corrected chi connectivity index (χ4v) is 2.63. The molecule has 0 bridgehead atoms. The van der Waals surface area contributed by atoms with Gasteiger partial charge >= 0.3 is 11.9 Å². The van der Waals surface area contributed by atoms with Gasteiger partial charge in [0.2, 0.25) is 0 Å². The molecule has 1 unspecified atom stereocenters. The first-order valence-corrected chi connectivity index (χ1v) is 6.76. The Morgan fingerprint density at radius 1 is 1.53 bits per heavy atom. The number of alkyl halides is 2. The molecule has 0 radical (unpaired) electrons. The molecule has 1 fully saturated rings. The molecule has 0 amide bonds. The Morgan fingerprint density at radius 2 is 2.21 bits per heavy atom. The van der Waals surface area contributed by atoms with Crippen LogP contribution in [0.1, 0.15) is 24.9 Å². The average molecular weight is 334 g/mol. The van der Waals surface area contributed by atoms with Gasteiger partial charge < -0.3 is 10.1 Å². The number of carbonyl (C=O) groups excluding carboxylic acids is 1. The molecule has 2 rings (SSSR count). The summed E-state index contributed by atoms with van der Waals surface area (Å²) >= 11 is 3.43. The zero-order valence-electron chi connectivity index (χ0n) is 10.3. The highest BCUT2D eigenvalue weighted by Crippen LogP contribution is 2.31. The summed E-state index contributed by atoms with van der Waals surface area (Å²) < 4.78 is 31.6. The predicted octanol–water partition coefficient (Wildman–Crippen LogP) is 3.05. The lowest BCUT2D eigenvalue weighted by molar-refractivity contribution is -0.159. The van der Waals surface area contributed by atoms with E-state index in [1.807, 2.05) is 31.2 Å². The maximum absolute atomic E-state index is 13.0. The Morgan fingerprint density at radius 3 is 2.79 bits per heavy atom. The van der Waals surface area contributed by atoms with Gasteiger partial charge in [0.05, 0.1) is 6.42 Å². The molecule has 1 saturated heterocycles. The third kappa shape index (κ3) is 3.30. The summed E-state index contributed by atoms with van der Waals surface area (Å²) in [5, 5.41) is 3.10. The van der Waals surface area contributed by atoms with E-state index in [1.54, 1.807) is 0 Å². The summed E-state index contributed by atoms with van der Waals surface area (Å²) in [5.41, 5.74) is 1.03. The van der Waals surface area contributed by atoms with Crippen molar-refractivity contribution in [3.05, 3.63) is 34.3 Å². The maximum atomic E-state index is 13.0. The molecular formula is C13H14BrF2NO2. The first-order valence-electron chi connectivity index (χ1n) is 5.97. The first kappa shape index (κ1) is 14.4. The van der Waals surface area contributed by atoms with E-state index in [9.17, 15) is 13.6 Å². The summed E-state index contributed by atoms with van der Waals surface area (Å²) in [6, 6.07) is 7.64. The van der Waals surface area contributed by atoms with Crippen LogP contribution in [-0.2, 0) is 9.53 Å². The number of carbonyl (C=O) groups is 1. The number of rotatable bonds is 4. The lowest BCUT2D eigenvalue weighted by Crippen LogP contribution is -2.29. The summed E-state index contributed by atoms with van der Waals surface area (Å²) in [6.07, 6.45) is -1.32. The van der Waals surface area contributed by atoms with Crippen LogP contribution in [0.15, 0.2) is 28.7 Å². The second-order valence-corrected chi connectivity index (χ2v) is 5.44. The molecule has 1 aliphatic rings. The largest absolute Gasteiger partial charge is 0.456 e. The van der Waals surface area contributed by atoms with Crippen LogP contribution in [0.5, 0.6) is 0 Å². The zero-order valence-corrected chi connectivity index (χ0v) is 11.9. The monoisotopic (exact) mass is 333 g/mol. The number of esters is 1. The molecular weight excluding hydrogens is 320 g/mol. The Hall–Kier alpha value is -1.01. The number of cyclic esters (lactones) is 1. The van der Waals surface area contributed by atoms with Crippen molar-refractivity contribution in [3.63, 3.8) is 0 Å². The molecule has 1 aromatic rings. The van der Waals surface area contributed by atoms with Crippen molar-refractivity contribution in [3.8, 4) is 0 Å². The third-order valence-electron chi connectivity index (χ3n) is 3.08. The van der Waals surface area contributed by atoms with E-state index in [2.05, 4.69) is 26.0 Å². The highest BCUT2D eigenvalue weighted by Gasteiger charge is 2.50. The summed E-state index contributed by atoms with van der Waals surface area (Å²) in [4.78, 5) is 10.9. The molecule has 6 heteroatoms. The Labute approximate surface area is 118 Å². The SMILES string of the molecule is C[C@H](NCC1CC(F)(F)C(=O)O1)c1ccccc1Br. The van der Waals surface area contributed by atoms with Crippen LogP contribution in [0.25, 0.3) is 0 Å². The molecule has 2 atom stereocenters. The zero-order chi connectivity index (χ0) is 14.0. The molecule has 3 nitrogen and oxygen atoms in total. The van der Waals surface area contributed by atoms with Gasteiger partial charge in [0.1, 0.15) is 6.10 Å². The van der Waals surface area contributed by atoms with E-state index in [0.717, 1.165) is 10.0 Å². The van der Waals surface area contributed by atoms with Crippen molar-refractivity contribution in [1.29, 1.82) is 0 Å². The van der Waals surface area contributed by atoms with E-state index in [1.165, 1.54) is 0 Å². The van der Waals surface area contributed by atoms with E-state index in [4.69, 9.17) is 0 Å². The Kier molecular flexibility index (Phi) is 4.20. The number of ether oxygens (including phenoxy) is 1. The predicted molar refractivity (Wildman–Crippen MR) is 70.0 cm³/mol. The lowest BCUT2D eigenvalue weighted by atomic mass is 10.1. The Bertz CT molecular complexity index is 481. The van der Waals surface area contributed by atoms with Crippen molar-refractivity contribution in [2.45, 2.75) is 31.4 Å². The lowest BCUT2D eigenvalue weighted by Gasteiger charge is -2.18. The molecule has 1 N–H and O–H groups in total. The van der Waals surface area contributed by atoms with E-state index in [0.29, 0.717) is 0 Å². The van der Waals surface area contributed by atoms with Crippen LogP contribution < -0.4 is 5.32 Å². The molecule has 0 spiro atoms. The van der Waals surface area contributed by atoms with Gasteiger partial charge in [-0.1, -0.05) is 34.1 Å². The van der Waals surface area contributed by atoms with Gasteiger partial charge in [0.25, 0.3) is 0 Å². The second-order valence-electron chi connectivity index (χ2n) is 4.59. The van der Waals surface area contributed by atoms with E-state index < -0.39 is 24.4 Å². The van der Waals surface area contributed by atoms with Crippen molar-refractivity contribution < 1.29 is 18.3 Å². The highest BCUT2D eigenvalue weighted by atomic mass is 79.9. The minimum absolute atomic E-state index is 0.0245.